The smallest absolute Gasteiger partial charge is 0.194 e. The van der Waals surface area contributed by atoms with Crippen molar-refractivity contribution in [1.82, 2.24) is 0 Å². The maximum Gasteiger partial charge on any atom is 0.194 e. The standard InChI is InChI=1S/C20H21F3O6/c1-8-4-9(10-5-12(21)15(23)13(22)6-10)2-3-11(8)16(25)20-19(28)18(27)17(26)14(7-24)29-20/h2-6,14,16-20,24-28H,7H2,1H3/t14-,16-,17-,18+,19+,20-/m1/s1. The van der Waals surface area contributed by atoms with E-state index in [-0.39, 0.29) is 5.56 Å². The Morgan fingerprint density at radius 2 is 1.55 bits per heavy atom. The summed E-state index contributed by atoms with van der Waals surface area (Å²) in [7, 11) is 0. The van der Waals surface area contributed by atoms with E-state index in [2.05, 4.69) is 0 Å². The Morgan fingerprint density at radius 3 is 2.10 bits per heavy atom. The fraction of sp³-hybridized carbons (Fsp3) is 0.400. The van der Waals surface area contributed by atoms with Crippen LogP contribution in [-0.4, -0.2) is 62.7 Å². The zero-order valence-corrected chi connectivity index (χ0v) is 15.3. The molecule has 1 heterocycles. The third-order valence-corrected chi connectivity index (χ3v) is 5.15. The Bertz CT molecular complexity index is 868. The Hall–Kier alpha value is -2.01. The number of halogens is 3. The van der Waals surface area contributed by atoms with Crippen molar-refractivity contribution >= 4 is 0 Å². The molecule has 0 aliphatic carbocycles. The molecule has 1 fully saturated rings. The van der Waals surface area contributed by atoms with Gasteiger partial charge in [-0.05, 0) is 41.3 Å². The summed E-state index contributed by atoms with van der Waals surface area (Å²) in [6.07, 6.45) is -8.75. The van der Waals surface area contributed by atoms with Crippen molar-refractivity contribution in [3.63, 3.8) is 0 Å². The summed E-state index contributed by atoms with van der Waals surface area (Å²) in [6, 6.07) is 6.09. The van der Waals surface area contributed by atoms with Crippen LogP contribution in [0.15, 0.2) is 30.3 Å². The number of hydrogen-bond acceptors (Lipinski definition) is 6. The minimum Gasteiger partial charge on any atom is -0.394 e. The molecule has 0 amide bonds. The van der Waals surface area contributed by atoms with Crippen LogP contribution in [0.25, 0.3) is 11.1 Å². The quantitative estimate of drug-likeness (QED) is 0.477. The number of aliphatic hydroxyl groups is 5. The van der Waals surface area contributed by atoms with Gasteiger partial charge < -0.3 is 30.3 Å². The topological polar surface area (TPSA) is 110 Å². The lowest BCUT2D eigenvalue weighted by molar-refractivity contribution is -0.250. The number of aliphatic hydroxyl groups excluding tert-OH is 5. The third kappa shape index (κ3) is 4.02. The van der Waals surface area contributed by atoms with E-state index < -0.39 is 60.7 Å². The van der Waals surface area contributed by atoms with Crippen LogP contribution in [0.3, 0.4) is 0 Å². The molecule has 5 N–H and O–H groups in total. The average Bonchev–Trinajstić information content (AvgIpc) is 2.69. The summed E-state index contributed by atoms with van der Waals surface area (Å²) < 4.78 is 45.5. The van der Waals surface area contributed by atoms with Crippen molar-refractivity contribution in [3.05, 3.63) is 58.9 Å². The lowest BCUT2D eigenvalue weighted by atomic mass is 9.88. The number of rotatable bonds is 4. The normalized spacial score (nSPS) is 28.4. The first-order chi connectivity index (χ1) is 13.6. The minimum atomic E-state index is -1.63. The van der Waals surface area contributed by atoms with Gasteiger partial charge in [-0.2, -0.15) is 0 Å². The van der Waals surface area contributed by atoms with Crippen LogP contribution >= 0.6 is 0 Å². The van der Waals surface area contributed by atoms with Gasteiger partial charge in [0.05, 0.1) is 6.61 Å². The summed E-state index contributed by atoms with van der Waals surface area (Å²) in [6.45, 7) is 0.968. The lowest BCUT2D eigenvalue weighted by Crippen LogP contribution is -2.59. The van der Waals surface area contributed by atoms with Crippen molar-refractivity contribution in [2.24, 2.45) is 0 Å². The molecule has 0 spiro atoms. The fourth-order valence-electron chi connectivity index (χ4n) is 3.48. The molecule has 29 heavy (non-hydrogen) atoms. The van der Waals surface area contributed by atoms with Crippen LogP contribution in [0.5, 0.6) is 0 Å². The van der Waals surface area contributed by atoms with E-state index in [1.165, 1.54) is 18.2 Å². The van der Waals surface area contributed by atoms with Crippen molar-refractivity contribution in [1.29, 1.82) is 0 Å². The summed E-state index contributed by atoms with van der Waals surface area (Å²) in [4.78, 5) is 0. The zero-order chi connectivity index (χ0) is 21.5. The molecule has 0 aromatic heterocycles. The highest BCUT2D eigenvalue weighted by molar-refractivity contribution is 5.65. The molecular formula is C20H21F3O6. The Kier molecular flexibility index (Phi) is 6.27. The van der Waals surface area contributed by atoms with Gasteiger partial charge in [0.1, 0.15) is 36.6 Å². The van der Waals surface area contributed by atoms with Crippen molar-refractivity contribution < 1.29 is 43.4 Å². The van der Waals surface area contributed by atoms with Gasteiger partial charge in [-0.1, -0.05) is 18.2 Å². The van der Waals surface area contributed by atoms with Gasteiger partial charge in [-0.3, -0.25) is 0 Å². The molecule has 2 aromatic carbocycles. The van der Waals surface area contributed by atoms with Crippen LogP contribution in [-0.2, 0) is 4.74 Å². The summed E-state index contributed by atoms with van der Waals surface area (Å²) in [5.41, 5.74) is 1.22. The maximum atomic E-state index is 13.5. The largest absolute Gasteiger partial charge is 0.394 e. The minimum absolute atomic E-state index is 0.0957. The number of aryl methyl sites for hydroxylation is 1. The van der Waals surface area contributed by atoms with Crippen molar-refractivity contribution in [3.8, 4) is 11.1 Å². The molecule has 1 aliphatic rings. The Morgan fingerprint density at radius 1 is 0.931 bits per heavy atom. The number of ether oxygens (including phenoxy) is 1. The van der Waals surface area contributed by atoms with Gasteiger partial charge in [0.15, 0.2) is 17.5 Å². The highest BCUT2D eigenvalue weighted by Gasteiger charge is 2.46. The van der Waals surface area contributed by atoms with Crippen molar-refractivity contribution in [2.45, 2.75) is 43.5 Å². The van der Waals surface area contributed by atoms with Crippen LogP contribution in [0, 0.1) is 24.4 Å². The second-order valence-corrected chi connectivity index (χ2v) is 7.06. The molecule has 0 saturated carbocycles. The summed E-state index contributed by atoms with van der Waals surface area (Å²) in [5, 5.41) is 49.8. The van der Waals surface area contributed by atoms with E-state index in [1.807, 2.05) is 0 Å². The van der Waals surface area contributed by atoms with Crippen LogP contribution in [0.2, 0.25) is 0 Å². The van der Waals surface area contributed by atoms with Gasteiger partial charge in [-0.15, -0.1) is 0 Å². The zero-order valence-electron chi connectivity index (χ0n) is 15.3. The highest BCUT2D eigenvalue weighted by atomic mass is 19.2. The number of hydrogen-bond donors (Lipinski definition) is 5. The van der Waals surface area contributed by atoms with E-state index in [9.17, 15) is 38.7 Å². The molecule has 0 unspecified atom stereocenters. The van der Waals surface area contributed by atoms with E-state index in [0.29, 0.717) is 16.7 Å². The highest BCUT2D eigenvalue weighted by Crippen LogP contribution is 2.33. The molecule has 2 aromatic rings. The molecule has 6 atom stereocenters. The molecule has 1 aliphatic heterocycles. The maximum absolute atomic E-state index is 13.5. The van der Waals surface area contributed by atoms with E-state index in [1.54, 1.807) is 6.92 Å². The second-order valence-electron chi connectivity index (χ2n) is 7.06. The lowest BCUT2D eigenvalue weighted by Gasteiger charge is -2.42. The molecule has 6 nitrogen and oxygen atoms in total. The molecule has 0 radical (unpaired) electrons. The molecule has 0 bridgehead atoms. The summed E-state index contributed by atoms with van der Waals surface area (Å²) >= 11 is 0. The average molecular weight is 414 g/mol. The van der Waals surface area contributed by atoms with Gasteiger partial charge in [0.25, 0.3) is 0 Å². The Balaban J connectivity index is 1.90. The SMILES string of the molecule is Cc1cc(-c2cc(F)c(F)c(F)c2)ccc1[C@@H](O)[C@H]1O[C@H](CO)[C@@H](O)[C@H](O)[C@@H]1O. The number of benzene rings is 2. The monoisotopic (exact) mass is 414 g/mol. The molecule has 3 rings (SSSR count). The van der Waals surface area contributed by atoms with Gasteiger partial charge in [0.2, 0.25) is 0 Å². The summed E-state index contributed by atoms with van der Waals surface area (Å²) in [5.74, 6) is -4.23. The first-order valence-electron chi connectivity index (χ1n) is 8.89. The van der Waals surface area contributed by atoms with Crippen LogP contribution in [0.1, 0.15) is 17.2 Å². The predicted molar refractivity (Wildman–Crippen MR) is 95.2 cm³/mol. The van der Waals surface area contributed by atoms with Gasteiger partial charge in [0, 0.05) is 0 Å². The van der Waals surface area contributed by atoms with Crippen LogP contribution in [0.4, 0.5) is 13.2 Å². The van der Waals surface area contributed by atoms with Crippen molar-refractivity contribution in [2.75, 3.05) is 6.61 Å². The fourth-order valence-corrected chi connectivity index (χ4v) is 3.48. The van der Waals surface area contributed by atoms with E-state index >= 15 is 0 Å². The third-order valence-electron chi connectivity index (χ3n) is 5.15. The first-order valence-corrected chi connectivity index (χ1v) is 8.89. The molecule has 158 valence electrons. The van der Waals surface area contributed by atoms with E-state index in [4.69, 9.17) is 4.74 Å². The first kappa shape index (κ1) is 21.7. The van der Waals surface area contributed by atoms with Crippen LogP contribution < -0.4 is 0 Å². The predicted octanol–water partition coefficient (Wildman–Crippen LogP) is 0.955. The molecular weight excluding hydrogens is 393 g/mol. The molecule has 1 saturated heterocycles. The second kappa shape index (κ2) is 8.39. The van der Waals surface area contributed by atoms with Gasteiger partial charge >= 0.3 is 0 Å². The molecule has 9 heteroatoms. The Labute approximate surface area is 164 Å². The van der Waals surface area contributed by atoms with E-state index in [0.717, 1.165) is 12.1 Å². The van der Waals surface area contributed by atoms with Gasteiger partial charge in [-0.25, -0.2) is 13.2 Å².